The van der Waals surface area contributed by atoms with Crippen LogP contribution < -0.4 is 5.32 Å². The normalized spacial score (nSPS) is 21.1. The van der Waals surface area contributed by atoms with E-state index in [1.165, 1.54) is 48.1 Å². The third-order valence-corrected chi connectivity index (χ3v) is 4.08. The Hall–Kier alpha value is -0.820. The molecule has 88 valence electrons. The Morgan fingerprint density at radius 3 is 2.12 bits per heavy atom. The lowest BCUT2D eigenvalue weighted by Crippen LogP contribution is -2.28. The molecule has 1 aliphatic heterocycles. The van der Waals surface area contributed by atoms with E-state index in [-0.39, 0.29) is 0 Å². The van der Waals surface area contributed by atoms with Crippen molar-refractivity contribution in [3.05, 3.63) is 33.9 Å². The van der Waals surface area contributed by atoms with Crippen molar-refractivity contribution in [1.29, 1.82) is 0 Å². The zero-order valence-electron chi connectivity index (χ0n) is 11.0. The molecule has 0 spiro atoms. The number of piperidine rings is 1. The van der Waals surface area contributed by atoms with Crippen molar-refractivity contribution < 1.29 is 0 Å². The van der Waals surface area contributed by atoms with Gasteiger partial charge in [0.15, 0.2) is 0 Å². The third kappa shape index (κ3) is 2.01. The van der Waals surface area contributed by atoms with Crippen LogP contribution >= 0.6 is 0 Å². The van der Waals surface area contributed by atoms with Gasteiger partial charge in [0.2, 0.25) is 0 Å². The minimum Gasteiger partial charge on any atom is -0.310 e. The first-order valence-electron chi connectivity index (χ1n) is 6.42. The molecular formula is C15H23N. The van der Waals surface area contributed by atoms with E-state index in [4.69, 9.17) is 0 Å². The van der Waals surface area contributed by atoms with Gasteiger partial charge in [-0.05, 0) is 74.9 Å². The maximum atomic E-state index is 3.67. The summed E-state index contributed by atoms with van der Waals surface area (Å²) < 4.78 is 0. The molecule has 1 aromatic rings. The number of rotatable bonds is 1. The van der Waals surface area contributed by atoms with Crippen molar-refractivity contribution in [3.63, 3.8) is 0 Å². The van der Waals surface area contributed by atoms with Gasteiger partial charge in [-0.25, -0.2) is 0 Å². The molecular weight excluding hydrogens is 194 g/mol. The predicted molar refractivity (Wildman–Crippen MR) is 70.0 cm³/mol. The Kier molecular flexibility index (Phi) is 3.34. The molecule has 1 aromatic carbocycles. The average molecular weight is 217 g/mol. The van der Waals surface area contributed by atoms with Crippen molar-refractivity contribution in [3.8, 4) is 0 Å². The Morgan fingerprint density at radius 2 is 1.62 bits per heavy atom. The molecule has 1 heteroatoms. The van der Waals surface area contributed by atoms with Gasteiger partial charge in [0.25, 0.3) is 0 Å². The Bertz CT molecular complexity index is 361. The first kappa shape index (κ1) is 11.7. The quantitative estimate of drug-likeness (QED) is 0.755. The highest BCUT2D eigenvalue weighted by Crippen LogP contribution is 2.31. The molecule has 0 amide bonds. The van der Waals surface area contributed by atoms with Gasteiger partial charge >= 0.3 is 0 Å². The van der Waals surface area contributed by atoms with Gasteiger partial charge in [0.05, 0.1) is 0 Å². The summed E-state index contributed by atoms with van der Waals surface area (Å²) in [5.41, 5.74) is 7.41. The molecule has 2 rings (SSSR count). The molecule has 1 unspecified atom stereocenters. The molecule has 1 aliphatic rings. The number of hydrogen-bond donors (Lipinski definition) is 1. The van der Waals surface area contributed by atoms with E-state index in [1.54, 1.807) is 5.56 Å². The van der Waals surface area contributed by atoms with E-state index >= 15 is 0 Å². The molecule has 1 saturated heterocycles. The Labute approximate surface area is 99.3 Å². The van der Waals surface area contributed by atoms with Gasteiger partial charge in [-0.15, -0.1) is 0 Å². The van der Waals surface area contributed by atoms with Gasteiger partial charge in [0, 0.05) is 6.04 Å². The van der Waals surface area contributed by atoms with Gasteiger partial charge in [-0.3, -0.25) is 0 Å². The lowest BCUT2D eigenvalue weighted by Gasteiger charge is -2.28. The Balaban J connectivity index is 2.45. The molecule has 1 fully saturated rings. The molecule has 0 saturated carbocycles. The standard InChI is InChI=1S/C15H23N/c1-10-9-11(2)13(4)15(12(10)3)14-7-5-6-8-16-14/h9,14,16H,5-8H2,1-4H3. The summed E-state index contributed by atoms with van der Waals surface area (Å²) in [6.07, 6.45) is 3.99. The number of benzene rings is 1. The van der Waals surface area contributed by atoms with Crippen LogP contribution in [0.25, 0.3) is 0 Å². The fourth-order valence-electron chi connectivity index (χ4n) is 2.87. The summed E-state index contributed by atoms with van der Waals surface area (Å²) in [5, 5.41) is 3.67. The van der Waals surface area contributed by atoms with E-state index in [9.17, 15) is 0 Å². The van der Waals surface area contributed by atoms with E-state index < -0.39 is 0 Å². The maximum absolute atomic E-state index is 3.67. The molecule has 0 radical (unpaired) electrons. The summed E-state index contributed by atoms with van der Waals surface area (Å²) >= 11 is 0. The van der Waals surface area contributed by atoms with Gasteiger partial charge < -0.3 is 5.32 Å². The molecule has 1 nitrogen and oxygen atoms in total. The maximum Gasteiger partial charge on any atom is 0.0325 e. The van der Waals surface area contributed by atoms with E-state index in [0.717, 1.165) is 0 Å². The summed E-state index contributed by atoms with van der Waals surface area (Å²) in [4.78, 5) is 0. The number of aryl methyl sites for hydroxylation is 2. The molecule has 16 heavy (non-hydrogen) atoms. The first-order valence-corrected chi connectivity index (χ1v) is 6.42. The van der Waals surface area contributed by atoms with E-state index in [1.807, 2.05) is 0 Å². The highest BCUT2D eigenvalue weighted by Gasteiger charge is 2.20. The lowest BCUT2D eigenvalue weighted by atomic mass is 9.86. The van der Waals surface area contributed by atoms with Crippen molar-refractivity contribution in [2.45, 2.75) is 53.0 Å². The zero-order chi connectivity index (χ0) is 11.7. The molecule has 0 bridgehead atoms. The topological polar surface area (TPSA) is 12.0 Å². The van der Waals surface area contributed by atoms with Crippen LogP contribution in [0.15, 0.2) is 6.07 Å². The highest BCUT2D eigenvalue weighted by atomic mass is 14.9. The van der Waals surface area contributed by atoms with Crippen molar-refractivity contribution in [1.82, 2.24) is 5.32 Å². The van der Waals surface area contributed by atoms with Crippen LogP contribution in [0.2, 0.25) is 0 Å². The number of nitrogens with one attached hydrogen (secondary N) is 1. The second kappa shape index (κ2) is 4.58. The lowest BCUT2D eigenvalue weighted by molar-refractivity contribution is 0.409. The van der Waals surface area contributed by atoms with Crippen LogP contribution in [-0.4, -0.2) is 6.54 Å². The van der Waals surface area contributed by atoms with Crippen LogP contribution in [0.1, 0.15) is 53.1 Å². The van der Waals surface area contributed by atoms with E-state index in [0.29, 0.717) is 6.04 Å². The van der Waals surface area contributed by atoms with Crippen LogP contribution in [0, 0.1) is 27.7 Å². The number of hydrogen-bond acceptors (Lipinski definition) is 1. The van der Waals surface area contributed by atoms with Gasteiger partial charge in [0.1, 0.15) is 0 Å². The van der Waals surface area contributed by atoms with Crippen LogP contribution in [0.3, 0.4) is 0 Å². The summed E-state index contributed by atoms with van der Waals surface area (Å²) in [6, 6.07) is 2.91. The Morgan fingerprint density at radius 1 is 1.00 bits per heavy atom. The second-order valence-electron chi connectivity index (χ2n) is 5.18. The highest BCUT2D eigenvalue weighted by molar-refractivity contribution is 5.45. The van der Waals surface area contributed by atoms with Crippen LogP contribution in [0.5, 0.6) is 0 Å². The average Bonchev–Trinajstić information content (AvgIpc) is 2.28. The summed E-state index contributed by atoms with van der Waals surface area (Å²) in [6.45, 7) is 10.2. The minimum absolute atomic E-state index is 0.590. The van der Waals surface area contributed by atoms with Crippen LogP contribution in [-0.2, 0) is 0 Å². The van der Waals surface area contributed by atoms with Gasteiger partial charge in [-0.1, -0.05) is 12.5 Å². The van der Waals surface area contributed by atoms with Crippen molar-refractivity contribution in [2.75, 3.05) is 6.54 Å². The first-order chi connectivity index (χ1) is 7.61. The molecule has 0 aliphatic carbocycles. The molecule has 1 N–H and O–H groups in total. The largest absolute Gasteiger partial charge is 0.310 e. The van der Waals surface area contributed by atoms with Crippen molar-refractivity contribution >= 4 is 0 Å². The van der Waals surface area contributed by atoms with Gasteiger partial charge in [-0.2, -0.15) is 0 Å². The fraction of sp³-hybridized carbons (Fsp3) is 0.600. The SMILES string of the molecule is Cc1cc(C)c(C)c(C2CCCCN2)c1C. The summed E-state index contributed by atoms with van der Waals surface area (Å²) in [7, 11) is 0. The fourth-order valence-corrected chi connectivity index (χ4v) is 2.87. The van der Waals surface area contributed by atoms with Crippen LogP contribution in [0.4, 0.5) is 0 Å². The molecule has 0 aromatic heterocycles. The molecule has 1 heterocycles. The molecule has 1 atom stereocenters. The minimum atomic E-state index is 0.590. The zero-order valence-corrected chi connectivity index (χ0v) is 11.0. The smallest absolute Gasteiger partial charge is 0.0325 e. The second-order valence-corrected chi connectivity index (χ2v) is 5.18. The monoisotopic (exact) mass is 217 g/mol. The predicted octanol–water partition coefficient (Wildman–Crippen LogP) is 3.73. The van der Waals surface area contributed by atoms with E-state index in [2.05, 4.69) is 39.1 Å². The summed E-state index contributed by atoms with van der Waals surface area (Å²) in [5.74, 6) is 0. The van der Waals surface area contributed by atoms with Crippen molar-refractivity contribution in [2.24, 2.45) is 0 Å². The third-order valence-electron chi connectivity index (χ3n) is 4.08.